The first-order valence-electron chi connectivity index (χ1n) is 7.66. The van der Waals surface area contributed by atoms with E-state index in [9.17, 15) is 12.6 Å². The molecule has 0 amide bonds. The average molecular weight is 387 g/mol. The molecule has 1 heterocycles. The summed E-state index contributed by atoms with van der Waals surface area (Å²) < 4.78 is 60.6. The highest BCUT2D eigenvalue weighted by Crippen LogP contribution is 2.35. The molecule has 0 fully saturated rings. The molecule has 0 unspecified atom stereocenters. The third-order valence-corrected chi connectivity index (χ3v) is 7.36. The van der Waals surface area contributed by atoms with Crippen LogP contribution >= 0.6 is 0 Å². The van der Waals surface area contributed by atoms with E-state index >= 15 is 4.39 Å². The van der Waals surface area contributed by atoms with Crippen LogP contribution in [0.15, 0.2) is 58.0 Å². The topological polar surface area (TPSA) is 76.4 Å². The SMILES string of the molecule is CC(C)(C)[S@@](=O)N[C@](C)(c1ccco1)[C@H](F)S(=O)(=O)c1ccccc1. The summed E-state index contributed by atoms with van der Waals surface area (Å²) >= 11 is 0. The maximum atomic E-state index is 15.4. The summed E-state index contributed by atoms with van der Waals surface area (Å²) in [6, 6.07) is 10.3. The number of hydrogen-bond acceptors (Lipinski definition) is 4. The molecule has 0 radical (unpaired) electrons. The second kappa shape index (κ2) is 7.01. The summed E-state index contributed by atoms with van der Waals surface area (Å²) in [4.78, 5) is -0.149. The van der Waals surface area contributed by atoms with Gasteiger partial charge in [-0.05, 0) is 52.0 Å². The summed E-state index contributed by atoms with van der Waals surface area (Å²) in [7, 11) is -6.06. The summed E-state index contributed by atoms with van der Waals surface area (Å²) in [6.45, 7) is 6.45. The van der Waals surface area contributed by atoms with Gasteiger partial charge in [0.05, 0.1) is 26.9 Å². The van der Waals surface area contributed by atoms with Crippen LogP contribution < -0.4 is 4.72 Å². The number of furan rings is 1. The smallest absolute Gasteiger partial charge is 0.231 e. The van der Waals surface area contributed by atoms with E-state index in [1.54, 1.807) is 26.8 Å². The first-order valence-corrected chi connectivity index (χ1v) is 10.4. The molecule has 1 aromatic carbocycles. The summed E-state index contributed by atoms with van der Waals surface area (Å²) in [5.74, 6) is 0.0529. The minimum Gasteiger partial charge on any atom is -0.467 e. The summed E-state index contributed by atoms with van der Waals surface area (Å²) in [5.41, 5.74) is -4.23. The van der Waals surface area contributed by atoms with Crippen LogP contribution in [0.2, 0.25) is 0 Å². The number of sulfone groups is 1. The fourth-order valence-electron chi connectivity index (χ4n) is 2.17. The number of rotatable bonds is 6. The second-order valence-corrected chi connectivity index (χ2v) is 10.8. The van der Waals surface area contributed by atoms with Gasteiger partial charge in [0.2, 0.25) is 15.3 Å². The quantitative estimate of drug-likeness (QED) is 0.825. The van der Waals surface area contributed by atoms with Gasteiger partial charge < -0.3 is 4.42 Å². The zero-order chi connectivity index (χ0) is 18.9. The number of benzene rings is 1. The Labute approximate surface area is 150 Å². The summed E-state index contributed by atoms with van der Waals surface area (Å²) in [6.07, 6.45) is 1.32. The molecule has 3 atom stereocenters. The second-order valence-electron chi connectivity index (χ2n) is 6.84. The maximum absolute atomic E-state index is 15.4. The van der Waals surface area contributed by atoms with Crippen LogP contribution in [0.4, 0.5) is 4.39 Å². The van der Waals surface area contributed by atoms with Gasteiger partial charge in [0, 0.05) is 0 Å². The Bertz CT molecular complexity index is 829. The molecule has 1 N–H and O–H groups in total. The number of hydrogen-bond donors (Lipinski definition) is 1. The van der Waals surface area contributed by atoms with Crippen molar-refractivity contribution in [3.8, 4) is 0 Å². The third-order valence-electron chi connectivity index (χ3n) is 3.69. The monoisotopic (exact) mass is 387 g/mol. The highest BCUT2D eigenvalue weighted by Gasteiger charge is 2.49. The van der Waals surface area contributed by atoms with Gasteiger partial charge in [-0.25, -0.2) is 21.7 Å². The van der Waals surface area contributed by atoms with E-state index in [0.717, 1.165) is 0 Å². The zero-order valence-electron chi connectivity index (χ0n) is 14.5. The van der Waals surface area contributed by atoms with Crippen molar-refractivity contribution in [1.29, 1.82) is 0 Å². The van der Waals surface area contributed by atoms with Crippen molar-refractivity contribution >= 4 is 20.8 Å². The lowest BCUT2D eigenvalue weighted by Gasteiger charge is -2.33. The lowest BCUT2D eigenvalue weighted by Crippen LogP contribution is -2.53. The van der Waals surface area contributed by atoms with Crippen molar-refractivity contribution < 1.29 is 21.4 Å². The van der Waals surface area contributed by atoms with E-state index in [2.05, 4.69) is 4.72 Å². The van der Waals surface area contributed by atoms with Gasteiger partial charge in [0.25, 0.3) is 0 Å². The third kappa shape index (κ3) is 4.02. The van der Waals surface area contributed by atoms with E-state index in [1.807, 2.05) is 0 Å². The van der Waals surface area contributed by atoms with E-state index in [4.69, 9.17) is 4.42 Å². The number of alkyl halides is 1. The van der Waals surface area contributed by atoms with Crippen LogP contribution in [0, 0.1) is 0 Å². The fourth-order valence-corrected chi connectivity index (χ4v) is 4.71. The minimum absolute atomic E-state index is 0.0529. The normalized spacial score (nSPS) is 17.6. The van der Waals surface area contributed by atoms with Crippen LogP contribution in [0.1, 0.15) is 33.5 Å². The van der Waals surface area contributed by atoms with Crippen LogP contribution in [0.25, 0.3) is 0 Å². The molecule has 0 saturated carbocycles. The molecule has 2 rings (SSSR count). The van der Waals surface area contributed by atoms with E-state index in [-0.39, 0.29) is 10.7 Å². The first kappa shape index (κ1) is 19.8. The highest BCUT2D eigenvalue weighted by atomic mass is 32.2. The van der Waals surface area contributed by atoms with Gasteiger partial charge in [-0.1, -0.05) is 18.2 Å². The van der Waals surface area contributed by atoms with Gasteiger partial charge in [-0.3, -0.25) is 0 Å². The van der Waals surface area contributed by atoms with Crippen LogP contribution in [-0.4, -0.2) is 22.9 Å². The van der Waals surface area contributed by atoms with Crippen molar-refractivity contribution in [2.24, 2.45) is 0 Å². The summed E-state index contributed by atoms with van der Waals surface area (Å²) in [5, 5.41) is 0. The Morgan fingerprint density at radius 3 is 2.16 bits per heavy atom. The van der Waals surface area contributed by atoms with Gasteiger partial charge in [-0.2, -0.15) is 0 Å². The van der Waals surface area contributed by atoms with Gasteiger partial charge in [-0.15, -0.1) is 0 Å². The molecule has 138 valence electrons. The molecule has 0 aliphatic heterocycles. The van der Waals surface area contributed by atoms with Crippen molar-refractivity contribution in [3.63, 3.8) is 0 Å². The molecular formula is C17H22FNO4S2. The van der Waals surface area contributed by atoms with Crippen molar-refractivity contribution in [2.45, 2.75) is 48.4 Å². The Kier molecular flexibility index (Phi) is 5.56. The lowest BCUT2D eigenvalue weighted by molar-refractivity contribution is 0.225. The first-order chi connectivity index (χ1) is 11.5. The molecule has 2 aromatic rings. The Morgan fingerprint density at radius 1 is 1.08 bits per heavy atom. The molecule has 0 aliphatic rings. The molecule has 0 aliphatic carbocycles. The number of nitrogens with one attached hydrogen (secondary N) is 1. The fraction of sp³-hybridized carbons (Fsp3) is 0.412. The van der Waals surface area contributed by atoms with Crippen molar-refractivity contribution in [2.75, 3.05) is 0 Å². The van der Waals surface area contributed by atoms with E-state index in [1.165, 1.54) is 49.6 Å². The maximum Gasteiger partial charge on any atom is 0.231 e. The molecule has 8 heteroatoms. The molecule has 1 aromatic heterocycles. The standard InChI is InChI=1S/C17H22FNO4S2/c1-16(2,3)24(20)19-17(4,14-11-8-12-23-14)15(18)25(21,22)13-9-6-5-7-10-13/h5-12,15,19H,1-4H3/t15-,17-,24-/m1/s1. The molecular weight excluding hydrogens is 365 g/mol. The van der Waals surface area contributed by atoms with Crippen LogP contribution in [0.5, 0.6) is 0 Å². The molecule has 0 saturated heterocycles. The van der Waals surface area contributed by atoms with Crippen LogP contribution in [-0.2, 0) is 26.4 Å². The molecule has 5 nitrogen and oxygen atoms in total. The molecule has 0 bridgehead atoms. The average Bonchev–Trinajstić information content (AvgIpc) is 3.09. The molecule has 25 heavy (non-hydrogen) atoms. The predicted molar refractivity (Wildman–Crippen MR) is 95.6 cm³/mol. The van der Waals surface area contributed by atoms with E-state index < -0.39 is 36.6 Å². The van der Waals surface area contributed by atoms with Crippen molar-refractivity contribution in [1.82, 2.24) is 4.72 Å². The lowest BCUT2D eigenvalue weighted by atomic mass is 10.0. The largest absolute Gasteiger partial charge is 0.467 e. The minimum atomic E-state index is -4.34. The highest BCUT2D eigenvalue weighted by molar-refractivity contribution is 7.92. The van der Waals surface area contributed by atoms with E-state index in [0.29, 0.717) is 0 Å². The van der Waals surface area contributed by atoms with Crippen LogP contribution in [0.3, 0.4) is 0 Å². The van der Waals surface area contributed by atoms with Gasteiger partial charge in [0.15, 0.2) is 0 Å². The zero-order valence-corrected chi connectivity index (χ0v) is 16.2. The van der Waals surface area contributed by atoms with Crippen molar-refractivity contribution in [3.05, 3.63) is 54.5 Å². The Morgan fingerprint density at radius 2 is 1.68 bits per heavy atom. The Balaban J connectivity index is 2.51. The van der Waals surface area contributed by atoms with Gasteiger partial charge in [0.1, 0.15) is 11.3 Å². The predicted octanol–water partition coefficient (Wildman–Crippen LogP) is 3.32. The number of halogens is 1. The van der Waals surface area contributed by atoms with Gasteiger partial charge >= 0.3 is 0 Å². The molecule has 0 spiro atoms. The Hall–Kier alpha value is -1.51.